The van der Waals surface area contributed by atoms with Crippen molar-refractivity contribution in [1.82, 2.24) is 10.4 Å². The number of nitrogens with two attached hydrogens (primary N) is 2. The van der Waals surface area contributed by atoms with Crippen LogP contribution < -0.4 is 26.6 Å². The molecule has 216 valence electrons. The van der Waals surface area contributed by atoms with Crippen molar-refractivity contribution in [1.29, 1.82) is 0 Å². The highest BCUT2D eigenvalue weighted by Gasteiger charge is 2.32. The molecule has 2 unspecified atom stereocenters. The lowest BCUT2D eigenvalue weighted by Crippen LogP contribution is -2.41. The Labute approximate surface area is 230 Å². The zero-order valence-corrected chi connectivity index (χ0v) is 23.1. The van der Waals surface area contributed by atoms with Crippen LogP contribution in [0.25, 0.3) is 0 Å². The van der Waals surface area contributed by atoms with Gasteiger partial charge in [-0.3, -0.25) is 25.8 Å². The summed E-state index contributed by atoms with van der Waals surface area (Å²) >= 11 is 0. The largest absolute Gasteiger partial charge is 0.490 e. The Kier molecular flexibility index (Phi) is 14.4. The summed E-state index contributed by atoms with van der Waals surface area (Å²) in [5.41, 5.74) is 8.51. The van der Waals surface area contributed by atoms with E-state index in [1.807, 2.05) is 20.8 Å². The van der Waals surface area contributed by atoms with Crippen LogP contribution in [0.3, 0.4) is 0 Å². The molecule has 1 aromatic carbocycles. The molecular formula is C28H42FN5O5. The number of carbonyl (C=O) groups excluding carboxylic acids is 2. The summed E-state index contributed by atoms with van der Waals surface area (Å²) in [6.07, 6.45) is 5.88. The Morgan fingerprint density at radius 2 is 1.92 bits per heavy atom. The molecule has 0 spiro atoms. The van der Waals surface area contributed by atoms with E-state index >= 15 is 0 Å². The van der Waals surface area contributed by atoms with Crippen molar-refractivity contribution >= 4 is 17.5 Å². The van der Waals surface area contributed by atoms with Crippen molar-refractivity contribution in [3.63, 3.8) is 0 Å². The average Bonchev–Trinajstić information content (AvgIpc) is 3.65. The predicted octanol–water partition coefficient (Wildman–Crippen LogP) is 3.34. The lowest BCUT2D eigenvalue weighted by molar-refractivity contribution is -0.129. The van der Waals surface area contributed by atoms with Crippen molar-refractivity contribution in [3.05, 3.63) is 54.1 Å². The van der Waals surface area contributed by atoms with Gasteiger partial charge in [0.05, 0.1) is 18.8 Å². The number of hydrogen-bond acceptors (Lipinski definition) is 8. The number of amides is 2. The van der Waals surface area contributed by atoms with E-state index in [9.17, 15) is 14.0 Å². The lowest BCUT2D eigenvalue weighted by atomic mass is 10.1. The first-order valence-electron chi connectivity index (χ1n) is 13.5. The number of anilines is 1. The molecule has 11 heteroatoms. The van der Waals surface area contributed by atoms with Crippen LogP contribution in [0.15, 0.2) is 42.6 Å². The van der Waals surface area contributed by atoms with Crippen LogP contribution in [0.2, 0.25) is 0 Å². The van der Waals surface area contributed by atoms with Crippen LogP contribution >= 0.6 is 0 Å². The maximum atomic E-state index is 12.9. The van der Waals surface area contributed by atoms with E-state index in [2.05, 4.69) is 10.4 Å². The van der Waals surface area contributed by atoms with Gasteiger partial charge in [-0.2, -0.15) is 0 Å². The molecule has 10 nitrogen and oxygen atoms in total. The van der Waals surface area contributed by atoms with E-state index in [4.69, 9.17) is 25.8 Å². The fraction of sp³-hybridized carbons (Fsp3) is 0.536. The van der Waals surface area contributed by atoms with Crippen molar-refractivity contribution in [2.24, 2.45) is 11.6 Å². The molecule has 0 bridgehead atoms. The second-order valence-corrected chi connectivity index (χ2v) is 8.96. The van der Waals surface area contributed by atoms with Gasteiger partial charge in [0.15, 0.2) is 0 Å². The average molecular weight is 548 g/mol. The molecule has 39 heavy (non-hydrogen) atoms. The fourth-order valence-corrected chi connectivity index (χ4v) is 3.70. The quantitative estimate of drug-likeness (QED) is 0.209. The van der Waals surface area contributed by atoms with Gasteiger partial charge in [0.25, 0.3) is 11.8 Å². The molecule has 1 saturated carbocycles. The molecule has 2 atom stereocenters. The molecule has 2 heterocycles. The Hall–Kier alpha value is -3.12. The van der Waals surface area contributed by atoms with Gasteiger partial charge >= 0.3 is 0 Å². The van der Waals surface area contributed by atoms with Crippen molar-refractivity contribution in [3.8, 4) is 5.75 Å². The highest BCUT2D eigenvalue weighted by Crippen LogP contribution is 2.27. The molecule has 1 aliphatic heterocycles. The van der Waals surface area contributed by atoms with Gasteiger partial charge in [0.2, 0.25) is 0 Å². The number of rotatable bonds is 12. The van der Waals surface area contributed by atoms with Crippen LogP contribution in [0.4, 0.5) is 10.1 Å². The number of hydrazine groups is 1. The zero-order valence-electron chi connectivity index (χ0n) is 23.1. The second-order valence-electron chi connectivity index (χ2n) is 8.96. The van der Waals surface area contributed by atoms with Crippen molar-refractivity contribution in [2.45, 2.75) is 71.2 Å². The van der Waals surface area contributed by atoms with Gasteiger partial charge in [0, 0.05) is 37.6 Å². The van der Waals surface area contributed by atoms with Gasteiger partial charge in [-0.05, 0) is 63.3 Å². The number of ether oxygens (including phenoxy) is 3. The van der Waals surface area contributed by atoms with Gasteiger partial charge in [-0.25, -0.2) is 4.39 Å². The molecule has 1 aromatic heterocycles. The van der Waals surface area contributed by atoms with Crippen molar-refractivity contribution < 1.29 is 28.2 Å². The fourth-order valence-electron chi connectivity index (χ4n) is 3.70. The Morgan fingerprint density at radius 1 is 1.15 bits per heavy atom. The van der Waals surface area contributed by atoms with E-state index in [0.717, 1.165) is 25.7 Å². The minimum absolute atomic E-state index is 0.0597. The number of halogens is 1. The van der Waals surface area contributed by atoms with Crippen molar-refractivity contribution in [2.75, 3.05) is 31.2 Å². The molecule has 1 saturated heterocycles. The maximum Gasteiger partial charge on any atom is 0.267 e. The van der Waals surface area contributed by atoms with E-state index in [0.29, 0.717) is 50.3 Å². The third kappa shape index (κ3) is 11.7. The summed E-state index contributed by atoms with van der Waals surface area (Å²) in [4.78, 5) is 29.8. The molecule has 2 aliphatic rings. The number of nitrogens with one attached hydrogen (secondary N) is 1. The van der Waals surface area contributed by atoms with E-state index in [1.54, 1.807) is 23.1 Å². The summed E-state index contributed by atoms with van der Waals surface area (Å²) in [6.45, 7) is 7.83. The maximum absolute atomic E-state index is 12.9. The summed E-state index contributed by atoms with van der Waals surface area (Å²) in [5.74, 6) is 4.83. The van der Waals surface area contributed by atoms with Gasteiger partial charge in [-0.15, -0.1) is 0 Å². The highest BCUT2D eigenvalue weighted by molar-refractivity contribution is 5.98. The van der Waals surface area contributed by atoms with Crippen LogP contribution in [0.5, 0.6) is 5.75 Å². The number of nitrogens with zero attached hydrogens (tertiary/aromatic N) is 2. The smallest absolute Gasteiger partial charge is 0.267 e. The molecule has 2 fully saturated rings. The Bertz CT molecular complexity index is 1020. The normalized spacial score (nSPS) is 17.8. The van der Waals surface area contributed by atoms with Crippen LogP contribution in [0, 0.1) is 5.82 Å². The summed E-state index contributed by atoms with van der Waals surface area (Å²) in [7, 11) is 0. The summed E-state index contributed by atoms with van der Waals surface area (Å²) in [6, 6.07) is 9.45. The second kappa shape index (κ2) is 17.5. The number of hydrogen-bond donors (Lipinski definition) is 3. The number of primary amides is 1. The number of carbonyl (C=O) groups is 2. The minimum Gasteiger partial charge on any atom is -0.490 e. The summed E-state index contributed by atoms with van der Waals surface area (Å²) < 4.78 is 29.2. The standard InChI is InChI=1S/C17H27N5O4.C9H9FO.C2H6/c1-12-3-4-15(26-12)17(24)22(8-10-25-9-2-6-21-19)13-5-7-20-14(11-13)16(18)23;10-7-2-1-3-9(6-7)11-8-4-5-8;1-2/h5,7,11-12,15,21H,2-4,6,8-10,19H2,1H3,(H2,18,23);1-3,6,8H,4-5H2;1-2H3. The number of aromatic nitrogens is 1. The van der Waals surface area contributed by atoms with Gasteiger partial charge in [0.1, 0.15) is 23.4 Å². The zero-order chi connectivity index (χ0) is 28.6. The monoisotopic (exact) mass is 547 g/mol. The predicted molar refractivity (Wildman–Crippen MR) is 148 cm³/mol. The first kappa shape index (κ1) is 32.1. The van der Waals surface area contributed by atoms with E-state index in [1.165, 1.54) is 24.4 Å². The molecule has 5 N–H and O–H groups in total. The van der Waals surface area contributed by atoms with Gasteiger partial charge < -0.3 is 24.8 Å². The van der Waals surface area contributed by atoms with Crippen LogP contribution in [-0.4, -0.2) is 61.4 Å². The Balaban J connectivity index is 0.000000338. The van der Waals surface area contributed by atoms with E-state index in [-0.39, 0.29) is 23.5 Å². The highest BCUT2D eigenvalue weighted by atomic mass is 19.1. The molecule has 2 amide bonds. The third-order valence-corrected chi connectivity index (χ3v) is 5.77. The first-order chi connectivity index (χ1) is 18.9. The summed E-state index contributed by atoms with van der Waals surface area (Å²) in [5, 5.41) is 0. The topological polar surface area (TPSA) is 142 Å². The molecule has 1 aliphatic carbocycles. The third-order valence-electron chi connectivity index (χ3n) is 5.77. The van der Waals surface area contributed by atoms with E-state index < -0.39 is 12.0 Å². The minimum atomic E-state index is -0.643. The van der Waals surface area contributed by atoms with Crippen LogP contribution in [0.1, 0.15) is 63.4 Å². The molecule has 2 aromatic rings. The number of pyridine rings is 1. The van der Waals surface area contributed by atoms with Crippen LogP contribution in [-0.2, 0) is 14.3 Å². The molecule has 4 rings (SSSR count). The number of benzene rings is 1. The Morgan fingerprint density at radius 3 is 2.54 bits per heavy atom. The first-order valence-corrected chi connectivity index (χ1v) is 13.5. The SMILES string of the molecule is CC.CC1CCC(C(=O)N(CCOCCCNN)c2ccnc(C(N)=O)c2)O1.Fc1cccc(OC2CC2)c1. The molecular weight excluding hydrogens is 505 g/mol. The lowest BCUT2D eigenvalue weighted by Gasteiger charge is -2.26. The molecule has 0 radical (unpaired) electrons. The van der Waals surface area contributed by atoms with Gasteiger partial charge in [-0.1, -0.05) is 19.9 Å².